The van der Waals surface area contributed by atoms with Gasteiger partial charge in [-0.15, -0.1) is 0 Å². The van der Waals surface area contributed by atoms with Crippen LogP contribution in [-0.2, 0) is 19.0 Å². The minimum absolute atomic E-state index is 0.0147. The highest BCUT2D eigenvalue weighted by atomic mass is 79.9. The summed E-state index contributed by atoms with van der Waals surface area (Å²) >= 11 is 3.36. The second kappa shape index (κ2) is 2.68. The highest BCUT2D eigenvalue weighted by Gasteiger charge is 2.85. The van der Waals surface area contributed by atoms with Crippen molar-refractivity contribution in [1.29, 1.82) is 0 Å². The van der Waals surface area contributed by atoms with E-state index in [2.05, 4.69) is 15.9 Å². The van der Waals surface area contributed by atoms with Crippen LogP contribution in [0.5, 0.6) is 0 Å². The SMILES string of the molecule is CC(Br)OC1C2OS(=O)(=O)C3CC4CC41C23. The first-order chi connectivity index (χ1) is 7.47. The molecule has 16 heavy (non-hydrogen) atoms. The lowest BCUT2D eigenvalue weighted by Crippen LogP contribution is -2.58. The monoisotopic (exact) mass is 308 g/mol. The summed E-state index contributed by atoms with van der Waals surface area (Å²) in [5.74, 6) is 0.785. The average Bonchev–Trinajstić information content (AvgIpc) is 2.74. The van der Waals surface area contributed by atoms with Crippen LogP contribution in [0.15, 0.2) is 0 Å². The molecular weight excluding hydrogens is 296 g/mol. The summed E-state index contributed by atoms with van der Waals surface area (Å²) in [5.41, 5.74) is 0.154. The van der Waals surface area contributed by atoms with Crippen LogP contribution in [0.1, 0.15) is 19.8 Å². The lowest BCUT2D eigenvalue weighted by Gasteiger charge is -2.47. The molecule has 0 N–H and O–H groups in total. The zero-order valence-corrected chi connectivity index (χ0v) is 11.2. The van der Waals surface area contributed by atoms with Gasteiger partial charge in [-0.25, -0.2) is 0 Å². The molecule has 7 unspecified atom stereocenters. The van der Waals surface area contributed by atoms with E-state index in [0.29, 0.717) is 5.92 Å². The Hall–Kier alpha value is 0.350. The molecule has 4 aliphatic rings. The van der Waals surface area contributed by atoms with Gasteiger partial charge in [0.25, 0.3) is 10.1 Å². The summed E-state index contributed by atoms with van der Waals surface area (Å²) < 4.78 is 34.6. The molecule has 3 saturated carbocycles. The molecule has 6 heteroatoms. The topological polar surface area (TPSA) is 52.6 Å². The maximum atomic E-state index is 11.8. The molecule has 3 aliphatic carbocycles. The van der Waals surface area contributed by atoms with E-state index in [1.54, 1.807) is 0 Å². The number of hydrogen-bond acceptors (Lipinski definition) is 4. The third kappa shape index (κ3) is 0.933. The van der Waals surface area contributed by atoms with Gasteiger partial charge in [0.1, 0.15) is 11.1 Å². The van der Waals surface area contributed by atoms with Gasteiger partial charge in [0.05, 0.1) is 11.4 Å². The van der Waals surface area contributed by atoms with Crippen molar-refractivity contribution in [3.05, 3.63) is 0 Å². The van der Waals surface area contributed by atoms with Crippen molar-refractivity contribution in [1.82, 2.24) is 0 Å². The third-order valence-electron chi connectivity index (χ3n) is 4.87. The van der Waals surface area contributed by atoms with Gasteiger partial charge in [0.2, 0.25) is 0 Å². The van der Waals surface area contributed by atoms with Crippen LogP contribution in [0.3, 0.4) is 0 Å². The molecule has 90 valence electrons. The van der Waals surface area contributed by atoms with Crippen LogP contribution in [-0.4, -0.2) is 30.9 Å². The first-order valence-corrected chi connectivity index (χ1v) is 8.07. The van der Waals surface area contributed by atoms with Crippen LogP contribution < -0.4 is 0 Å². The Morgan fingerprint density at radius 3 is 3.00 bits per heavy atom. The molecule has 0 bridgehead atoms. The average molecular weight is 309 g/mol. The minimum Gasteiger partial charge on any atom is -0.361 e. The molecule has 4 fully saturated rings. The summed E-state index contributed by atoms with van der Waals surface area (Å²) in [6.07, 6.45) is 1.70. The quantitative estimate of drug-likeness (QED) is 0.569. The smallest absolute Gasteiger partial charge is 0.271 e. The molecule has 4 nitrogen and oxygen atoms in total. The molecular formula is C10H13BrO4S. The first kappa shape index (κ1) is 10.3. The maximum absolute atomic E-state index is 11.8. The molecule has 0 aromatic heterocycles. The summed E-state index contributed by atoms with van der Waals surface area (Å²) in [6, 6.07) is 0. The Bertz CT molecular complexity index is 461. The van der Waals surface area contributed by atoms with Crippen molar-refractivity contribution in [3.63, 3.8) is 0 Å². The number of halogens is 1. The predicted molar refractivity (Wildman–Crippen MR) is 59.5 cm³/mol. The summed E-state index contributed by atoms with van der Waals surface area (Å²) in [5, 5.41) is -0.276. The standard InChI is InChI=1S/C10H13BrO4S/c1-4(11)14-9-8-7-6(16(12,13)15-8)2-5-3-10(5,7)9/h4-9H,2-3H2,1H3. The molecule has 1 heterocycles. The number of ether oxygens (including phenoxy) is 1. The molecule has 0 aromatic rings. The second-order valence-electron chi connectivity index (χ2n) is 5.47. The molecule has 1 saturated heterocycles. The van der Waals surface area contributed by atoms with Gasteiger partial charge in [-0.2, -0.15) is 8.42 Å². The lowest BCUT2D eigenvalue weighted by molar-refractivity contribution is -0.168. The van der Waals surface area contributed by atoms with E-state index in [-0.39, 0.29) is 33.8 Å². The van der Waals surface area contributed by atoms with Gasteiger partial charge in [-0.3, -0.25) is 4.18 Å². The molecule has 7 atom stereocenters. The fourth-order valence-corrected chi connectivity index (χ4v) is 6.46. The van der Waals surface area contributed by atoms with Crippen LogP contribution in [0.4, 0.5) is 0 Å². The minimum atomic E-state index is -3.30. The zero-order valence-electron chi connectivity index (χ0n) is 8.80. The van der Waals surface area contributed by atoms with E-state index in [0.717, 1.165) is 12.8 Å². The van der Waals surface area contributed by atoms with Crippen molar-refractivity contribution in [2.75, 3.05) is 0 Å². The molecule has 0 amide bonds. The van der Waals surface area contributed by atoms with Crippen LogP contribution in [0, 0.1) is 17.3 Å². The van der Waals surface area contributed by atoms with Gasteiger partial charge in [0.15, 0.2) is 0 Å². The Labute approximate surface area is 103 Å². The zero-order chi connectivity index (χ0) is 11.3. The van der Waals surface area contributed by atoms with Crippen molar-refractivity contribution in [3.8, 4) is 0 Å². The number of alkyl halides is 1. The number of hydrogen-bond donors (Lipinski definition) is 0. The molecule has 0 radical (unpaired) electrons. The summed E-state index contributed by atoms with van der Waals surface area (Å²) in [4.78, 5) is 0. The third-order valence-corrected chi connectivity index (χ3v) is 6.80. The Balaban J connectivity index is 1.71. The van der Waals surface area contributed by atoms with E-state index in [4.69, 9.17) is 8.92 Å². The van der Waals surface area contributed by atoms with Crippen molar-refractivity contribution in [2.24, 2.45) is 17.3 Å². The molecule has 0 aromatic carbocycles. The Morgan fingerprint density at radius 2 is 2.31 bits per heavy atom. The van der Waals surface area contributed by atoms with Crippen LogP contribution >= 0.6 is 15.9 Å². The van der Waals surface area contributed by atoms with Crippen molar-refractivity contribution < 1.29 is 17.3 Å². The Morgan fingerprint density at radius 1 is 1.56 bits per heavy atom. The normalized spacial score (nSPS) is 61.0. The fraction of sp³-hybridized carbons (Fsp3) is 1.00. The summed E-state index contributed by atoms with van der Waals surface area (Å²) in [7, 11) is -3.30. The highest BCUT2D eigenvalue weighted by molar-refractivity contribution is 9.09. The Kier molecular flexibility index (Phi) is 1.72. The first-order valence-electron chi connectivity index (χ1n) is 5.68. The van der Waals surface area contributed by atoms with Gasteiger partial charge < -0.3 is 4.74 Å². The predicted octanol–water partition coefficient (Wildman–Crippen LogP) is 1.25. The second-order valence-corrected chi connectivity index (χ2v) is 8.54. The molecule has 4 rings (SSSR count). The largest absolute Gasteiger partial charge is 0.361 e. The molecule has 1 aliphatic heterocycles. The fourth-order valence-electron chi connectivity index (χ4n) is 4.32. The number of rotatable bonds is 2. The molecule has 1 spiro atoms. The van der Waals surface area contributed by atoms with E-state index in [9.17, 15) is 8.42 Å². The van der Waals surface area contributed by atoms with Gasteiger partial charge in [-0.05, 0) is 25.7 Å². The van der Waals surface area contributed by atoms with E-state index < -0.39 is 10.1 Å². The van der Waals surface area contributed by atoms with Gasteiger partial charge in [-0.1, -0.05) is 15.9 Å². The van der Waals surface area contributed by atoms with Crippen LogP contribution in [0.25, 0.3) is 0 Å². The van der Waals surface area contributed by atoms with Crippen molar-refractivity contribution >= 4 is 26.0 Å². The van der Waals surface area contributed by atoms with E-state index in [1.807, 2.05) is 6.92 Å². The highest BCUT2D eigenvalue weighted by Crippen LogP contribution is 2.80. The maximum Gasteiger partial charge on any atom is 0.271 e. The van der Waals surface area contributed by atoms with Crippen molar-refractivity contribution in [2.45, 2.75) is 42.2 Å². The van der Waals surface area contributed by atoms with E-state index in [1.165, 1.54) is 0 Å². The van der Waals surface area contributed by atoms with Crippen LogP contribution in [0.2, 0.25) is 0 Å². The summed E-state index contributed by atoms with van der Waals surface area (Å²) in [6.45, 7) is 1.91. The van der Waals surface area contributed by atoms with Gasteiger partial charge >= 0.3 is 0 Å². The van der Waals surface area contributed by atoms with E-state index >= 15 is 0 Å². The van der Waals surface area contributed by atoms with Gasteiger partial charge in [0, 0.05) is 11.3 Å². The lowest BCUT2D eigenvalue weighted by atomic mass is 9.65.